The van der Waals surface area contributed by atoms with E-state index in [2.05, 4.69) is 10.2 Å². The third-order valence-corrected chi connectivity index (χ3v) is 7.54. The van der Waals surface area contributed by atoms with Crippen LogP contribution in [0.25, 0.3) is 0 Å². The molecule has 138 valence electrons. The summed E-state index contributed by atoms with van der Waals surface area (Å²) in [5.41, 5.74) is 0.874. The molecule has 4 rings (SSSR count). The average molecular weight is 413 g/mol. The van der Waals surface area contributed by atoms with Gasteiger partial charge in [-0.25, -0.2) is 8.42 Å². The molecule has 1 aromatic carbocycles. The van der Waals surface area contributed by atoms with Gasteiger partial charge in [-0.15, -0.1) is 11.3 Å². The zero-order valence-corrected chi connectivity index (χ0v) is 16.2. The first-order valence-corrected chi connectivity index (χ1v) is 11.2. The maximum Gasteiger partial charge on any atom is 0.261 e. The highest BCUT2D eigenvalue weighted by Gasteiger charge is 2.30. The third kappa shape index (κ3) is 3.54. The lowest BCUT2D eigenvalue weighted by atomic mass is 10.2. The summed E-state index contributed by atoms with van der Waals surface area (Å²) < 4.78 is 28.7. The van der Waals surface area contributed by atoms with Crippen molar-refractivity contribution in [3.05, 3.63) is 40.2 Å². The van der Waals surface area contributed by atoms with Gasteiger partial charge in [0.25, 0.3) is 5.91 Å². The largest absolute Gasteiger partial charge is 0.490 e. The summed E-state index contributed by atoms with van der Waals surface area (Å²) in [6.07, 6.45) is 0.474. The predicted octanol–water partition coefficient (Wildman–Crippen LogP) is 2.85. The summed E-state index contributed by atoms with van der Waals surface area (Å²) in [5.74, 6) is 0.685. The maximum absolute atomic E-state index is 12.4. The number of benzene rings is 1. The molecule has 1 saturated heterocycles. The van der Waals surface area contributed by atoms with E-state index >= 15 is 0 Å². The number of hydrogen-bond donors (Lipinski definition) is 1. The van der Waals surface area contributed by atoms with Gasteiger partial charge < -0.3 is 15.0 Å². The van der Waals surface area contributed by atoms with Gasteiger partial charge in [-0.1, -0.05) is 11.6 Å². The summed E-state index contributed by atoms with van der Waals surface area (Å²) in [5, 5.41) is 4.36. The number of ether oxygens (including phenoxy) is 1. The number of sulfone groups is 1. The van der Waals surface area contributed by atoms with Crippen LogP contribution in [0.3, 0.4) is 0 Å². The molecule has 9 heteroatoms. The molecule has 3 heterocycles. The second kappa shape index (κ2) is 6.75. The molecular formula is C17H17ClN2O4S2. The van der Waals surface area contributed by atoms with Crippen molar-refractivity contribution >= 4 is 49.4 Å². The first-order chi connectivity index (χ1) is 12.4. The van der Waals surface area contributed by atoms with Crippen molar-refractivity contribution in [1.82, 2.24) is 5.32 Å². The van der Waals surface area contributed by atoms with E-state index in [1.165, 1.54) is 11.3 Å². The molecule has 0 aliphatic carbocycles. The molecule has 2 aromatic rings. The second-order valence-electron chi connectivity index (χ2n) is 6.32. The minimum absolute atomic E-state index is 0.0201. The maximum atomic E-state index is 12.4. The van der Waals surface area contributed by atoms with Crippen LogP contribution in [0.1, 0.15) is 16.1 Å². The lowest BCUT2D eigenvalue weighted by molar-refractivity contribution is 0.0945. The van der Waals surface area contributed by atoms with E-state index in [0.717, 1.165) is 16.4 Å². The van der Waals surface area contributed by atoms with Gasteiger partial charge in [-0.3, -0.25) is 4.79 Å². The van der Waals surface area contributed by atoms with Gasteiger partial charge in [-0.05, 0) is 36.8 Å². The van der Waals surface area contributed by atoms with Crippen LogP contribution in [-0.2, 0) is 9.84 Å². The molecule has 1 aromatic heterocycles. The topological polar surface area (TPSA) is 75.7 Å². The molecule has 1 N–H and O–H groups in total. The van der Waals surface area contributed by atoms with Crippen molar-refractivity contribution in [3.8, 4) is 5.75 Å². The van der Waals surface area contributed by atoms with Gasteiger partial charge in [0.15, 0.2) is 9.84 Å². The Labute approximate surface area is 160 Å². The molecule has 6 nitrogen and oxygen atoms in total. The Kier molecular flexibility index (Phi) is 4.58. The molecule has 2 aliphatic heterocycles. The Morgan fingerprint density at radius 1 is 1.31 bits per heavy atom. The van der Waals surface area contributed by atoms with Crippen molar-refractivity contribution in [2.75, 3.05) is 29.6 Å². The van der Waals surface area contributed by atoms with Crippen LogP contribution in [0.5, 0.6) is 5.75 Å². The Balaban J connectivity index is 1.52. The summed E-state index contributed by atoms with van der Waals surface area (Å²) in [4.78, 5) is 15.1. The highest BCUT2D eigenvalue weighted by atomic mass is 35.5. The molecule has 26 heavy (non-hydrogen) atoms. The van der Waals surface area contributed by atoms with Gasteiger partial charge in [0.05, 0.1) is 33.6 Å². The van der Waals surface area contributed by atoms with Crippen molar-refractivity contribution in [1.29, 1.82) is 0 Å². The lowest BCUT2D eigenvalue weighted by Crippen LogP contribution is -2.35. The van der Waals surface area contributed by atoms with Gasteiger partial charge in [0.1, 0.15) is 12.4 Å². The first kappa shape index (κ1) is 17.6. The molecule has 1 fully saturated rings. The fraction of sp³-hybridized carbons (Fsp3) is 0.353. The van der Waals surface area contributed by atoms with E-state index in [9.17, 15) is 13.2 Å². The van der Waals surface area contributed by atoms with E-state index in [1.807, 2.05) is 18.2 Å². The highest BCUT2D eigenvalue weighted by molar-refractivity contribution is 7.91. The number of nitrogens with zero attached hydrogens (tertiary/aromatic N) is 1. The Bertz CT molecular complexity index is 957. The monoisotopic (exact) mass is 412 g/mol. The van der Waals surface area contributed by atoms with Crippen molar-refractivity contribution in [3.63, 3.8) is 0 Å². The zero-order chi connectivity index (χ0) is 18.3. The van der Waals surface area contributed by atoms with Crippen LogP contribution in [0.4, 0.5) is 10.7 Å². The van der Waals surface area contributed by atoms with Crippen LogP contribution < -0.4 is 15.0 Å². The molecule has 0 spiro atoms. The fourth-order valence-electron chi connectivity index (χ4n) is 3.18. The number of fused-ring (bicyclic) bond motifs is 1. The van der Waals surface area contributed by atoms with Crippen molar-refractivity contribution < 1.29 is 17.9 Å². The second-order valence-corrected chi connectivity index (χ2v) is 10.1. The predicted molar refractivity (Wildman–Crippen MR) is 103 cm³/mol. The summed E-state index contributed by atoms with van der Waals surface area (Å²) in [6.45, 7) is 1.21. The number of carbonyl (C=O) groups is 1. The normalized spacial score (nSPS) is 21.1. The van der Waals surface area contributed by atoms with Crippen LogP contribution in [0, 0.1) is 0 Å². The van der Waals surface area contributed by atoms with Crippen LogP contribution in [-0.4, -0.2) is 45.0 Å². The SMILES string of the molecule is O=C(NC1CCS(=O)(=O)C1)c1ccc(N2CCOc3ccc(Cl)cc32)s1. The van der Waals surface area contributed by atoms with Gasteiger partial charge >= 0.3 is 0 Å². The molecule has 1 amide bonds. The quantitative estimate of drug-likeness (QED) is 0.838. The highest BCUT2D eigenvalue weighted by Crippen LogP contribution is 2.40. The molecule has 0 bridgehead atoms. The van der Waals surface area contributed by atoms with Crippen molar-refractivity contribution in [2.24, 2.45) is 0 Å². The summed E-state index contributed by atoms with van der Waals surface area (Å²) >= 11 is 7.48. The summed E-state index contributed by atoms with van der Waals surface area (Å²) in [6, 6.07) is 8.82. The van der Waals surface area contributed by atoms with E-state index in [0.29, 0.717) is 29.5 Å². The molecule has 0 radical (unpaired) electrons. The van der Waals surface area contributed by atoms with Crippen LogP contribution >= 0.6 is 22.9 Å². The van der Waals surface area contributed by atoms with Gasteiger partial charge in [0, 0.05) is 11.1 Å². The fourth-order valence-corrected chi connectivity index (χ4v) is 5.97. The standard InChI is InChI=1S/C17H17ClN2O4S2/c18-11-1-2-14-13(9-11)20(6-7-24-14)16-4-3-15(25-16)17(21)19-12-5-8-26(22,23)10-12/h1-4,9,12H,5-8,10H2,(H,19,21). The molecule has 2 aliphatic rings. The van der Waals surface area contributed by atoms with Gasteiger partial charge in [0.2, 0.25) is 0 Å². The number of carbonyl (C=O) groups excluding carboxylic acids is 1. The minimum Gasteiger partial charge on any atom is -0.490 e. The first-order valence-electron chi connectivity index (χ1n) is 8.22. The van der Waals surface area contributed by atoms with E-state index in [1.54, 1.807) is 12.1 Å². The Hall–Kier alpha value is -1.77. The number of hydrogen-bond acceptors (Lipinski definition) is 6. The molecule has 1 atom stereocenters. The summed E-state index contributed by atoms with van der Waals surface area (Å²) in [7, 11) is -3.02. The lowest BCUT2D eigenvalue weighted by Gasteiger charge is -2.30. The average Bonchev–Trinajstić information content (AvgIpc) is 3.21. The zero-order valence-electron chi connectivity index (χ0n) is 13.8. The van der Waals surface area contributed by atoms with Crippen LogP contribution in [0.2, 0.25) is 5.02 Å². The van der Waals surface area contributed by atoms with Crippen molar-refractivity contribution in [2.45, 2.75) is 12.5 Å². The molecule has 1 unspecified atom stereocenters. The Morgan fingerprint density at radius 2 is 2.15 bits per heavy atom. The molecular weight excluding hydrogens is 396 g/mol. The third-order valence-electron chi connectivity index (χ3n) is 4.43. The van der Waals surface area contributed by atoms with E-state index < -0.39 is 9.84 Å². The number of thiophene rings is 1. The van der Waals surface area contributed by atoms with Crippen LogP contribution in [0.15, 0.2) is 30.3 Å². The van der Waals surface area contributed by atoms with Gasteiger partial charge in [-0.2, -0.15) is 0 Å². The number of amides is 1. The Morgan fingerprint density at radius 3 is 2.92 bits per heavy atom. The number of rotatable bonds is 3. The smallest absolute Gasteiger partial charge is 0.261 e. The number of nitrogens with one attached hydrogen (secondary N) is 1. The van der Waals surface area contributed by atoms with E-state index in [4.69, 9.17) is 16.3 Å². The molecule has 0 saturated carbocycles. The minimum atomic E-state index is -3.02. The number of anilines is 2. The number of halogens is 1. The van der Waals surface area contributed by atoms with E-state index in [-0.39, 0.29) is 23.5 Å².